The van der Waals surface area contributed by atoms with E-state index in [-0.39, 0.29) is 0 Å². The zero-order chi connectivity index (χ0) is 14.2. The summed E-state index contributed by atoms with van der Waals surface area (Å²) in [6.45, 7) is 3.56. The van der Waals surface area contributed by atoms with E-state index in [4.69, 9.17) is 0 Å². The fraction of sp³-hybridized carbons (Fsp3) is 0.188. The molecule has 0 amide bonds. The Morgan fingerprint density at radius 2 is 1.75 bits per heavy atom. The van der Waals surface area contributed by atoms with Crippen molar-refractivity contribution in [3.05, 3.63) is 54.1 Å². The van der Waals surface area contributed by atoms with Crippen molar-refractivity contribution in [1.29, 1.82) is 0 Å². The number of hydrogen-bond donors (Lipinski definition) is 2. The summed E-state index contributed by atoms with van der Waals surface area (Å²) in [4.78, 5) is 4.54. The molecule has 0 unspecified atom stereocenters. The summed E-state index contributed by atoms with van der Waals surface area (Å²) in [6, 6.07) is 15.8. The van der Waals surface area contributed by atoms with Gasteiger partial charge in [0, 0.05) is 5.69 Å². The smallest absolute Gasteiger partial charge is 0.188 e. The maximum absolute atomic E-state index is 9.93. The van der Waals surface area contributed by atoms with E-state index in [1.165, 1.54) is 4.70 Å². The molecule has 0 fully saturated rings. The molecule has 20 heavy (non-hydrogen) atoms. The van der Waals surface area contributed by atoms with Crippen LogP contribution in [0.5, 0.6) is 0 Å². The molecule has 0 bridgehead atoms. The van der Waals surface area contributed by atoms with Gasteiger partial charge >= 0.3 is 0 Å². The summed E-state index contributed by atoms with van der Waals surface area (Å²) in [5, 5.41) is 14.1. The number of thiazole rings is 1. The van der Waals surface area contributed by atoms with E-state index in [1.807, 2.05) is 42.5 Å². The molecule has 0 aliphatic rings. The van der Waals surface area contributed by atoms with Crippen molar-refractivity contribution in [3.63, 3.8) is 0 Å². The topological polar surface area (TPSA) is 45.1 Å². The normalized spacial score (nSPS) is 11.8. The van der Waals surface area contributed by atoms with Crippen LogP contribution in [-0.2, 0) is 5.60 Å². The van der Waals surface area contributed by atoms with Crippen molar-refractivity contribution >= 4 is 32.4 Å². The largest absolute Gasteiger partial charge is 0.386 e. The number of aromatic nitrogens is 1. The molecule has 4 heteroatoms. The van der Waals surface area contributed by atoms with Gasteiger partial charge in [0.15, 0.2) is 5.13 Å². The van der Waals surface area contributed by atoms with Crippen molar-refractivity contribution in [2.75, 3.05) is 5.32 Å². The van der Waals surface area contributed by atoms with Crippen molar-refractivity contribution in [1.82, 2.24) is 4.98 Å². The maximum Gasteiger partial charge on any atom is 0.188 e. The SMILES string of the molecule is CC(C)(O)c1ccc(Nc2nc3ccccc3s2)cc1. The molecule has 3 aromatic rings. The van der Waals surface area contributed by atoms with E-state index >= 15 is 0 Å². The molecule has 2 aromatic carbocycles. The third kappa shape index (κ3) is 2.66. The Bertz CT molecular complexity index is 693. The van der Waals surface area contributed by atoms with Gasteiger partial charge in [-0.25, -0.2) is 4.98 Å². The van der Waals surface area contributed by atoms with Gasteiger partial charge in [-0.15, -0.1) is 0 Å². The van der Waals surface area contributed by atoms with Crippen molar-refractivity contribution < 1.29 is 5.11 Å². The predicted octanol–water partition coefficient (Wildman–Crippen LogP) is 4.27. The molecule has 2 N–H and O–H groups in total. The molecule has 0 atom stereocenters. The van der Waals surface area contributed by atoms with Gasteiger partial charge in [-0.2, -0.15) is 0 Å². The van der Waals surface area contributed by atoms with Crippen molar-refractivity contribution in [2.24, 2.45) is 0 Å². The van der Waals surface area contributed by atoms with E-state index < -0.39 is 5.60 Å². The highest BCUT2D eigenvalue weighted by Crippen LogP contribution is 2.29. The molecule has 3 rings (SSSR count). The lowest BCUT2D eigenvalue weighted by molar-refractivity contribution is 0.0786. The van der Waals surface area contributed by atoms with Crippen LogP contribution in [0, 0.1) is 0 Å². The Balaban J connectivity index is 1.84. The van der Waals surface area contributed by atoms with Gasteiger partial charge in [-0.1, -0.05) is 35.6 Å². The monoisotopic (exact) mass is 284 g/mol. The first kappa shape index (κ1) is 13.1. The summed E-state index contributed by atoms with van der Waals surface area (Å²) >= 11 is 1.63. The second kappa shape index (κ2) is 4.89. The quantitative estimate of drug-likeness (QED) is 0.755. The Hall–Kier alpha value is -1.91. The number of anilines is 2. The van der Waals surface area contributed by atoms with Crippen LogP contribution in [0.4, 0.5) is 10.8 Å². The van der Waals surface area contributed by atoms with E-state index in [0.717, 1.165) is 21.9 Å². The lowest BCUT2D eigenvalue weighted by atomic mass is 9.98. The standard InChI is InChI=1S/C16H16N2OS/c1-16(2,19)11-7-9-12(10-8-11)17-15-18-13-5-3-4-6-14(13)20-15/h3-10,19H,1-2H3,(H,17,18). The van der Waals surface area contributed by atoms with Gasteiger partial charge in [-0.05, 0) is 43.7 Å². The fourth-order valence-corrected chi connectivity index (χ4v) is 2.90. The highest BCUT2D eigenvalue weighted by atomic mass is 32.1. The molecule has 1 aromatic heterocycles. The second-order valence-electron chi connectivity index (χ2n) is 5.25. The number of nitrogens with zero attached hydrogens (tertiary/aromatic N) is 1. The molecule has 0 aliphatic carbocycles. The average Bonchev–Trinajstić information content (AvgIpc) is 2.80. The van der Waals surface area contributed by atoms with Gasteiger partial charge in [-0.3, -0.25) is 0 Å². The van der Waals surface area contributed by atoms with E-state index in [0.29, 0.717) is 0 Å². The molecule has 0 spiro atoms. The number of aliphatic hydroxyl groups is 1. The van der Waals surface area contributed by atoms with E-state index in [9.17, 15) is 5.11 Å². The molecular weight excluding hydrogens is 268 g/mol. The first-order valence-corrected chi connectivity index (χ1v) is 7.29. The number of fused-ring (bicyclic) bond motifs is 1. The van der Waals surface area contributed by atoms with Gasteiger partial charge in [0.25, 0.3) is 0 Å². The number of rotatable bonds is 3. The van der Waals surface area contributed by atoms with Gasteiger partial charge < -0.3 is 10.4 Å². The number of benzene rings is 2. The van der Waals surface area contributed by atoms with Gasteiger partial charge in [0.05, 0.1) is 15.8 Å². The Morgan fingerprint density at radius 3 is 2.40 bits per heavy atom. The van der Waals surface area contributed by atoms with Gasteiger partial charge in [0.1, 0.15) is 0 Å². The minimum atomic E-state index is -0.811. The molecular formula is C16H16N2OS. The molecule has 3 nitrogen and oxygen atoms in total. The number of para-hydroxylation sites is 1. The fourth-order valence-electron chi connectivity index (χ4n) is 2.01. The Labute approximate surface area is 121 Å². The van der Waals surface area contributed by atoms with E-state index in [1.54, 1.807) is 25.2 Å². The summed E-state index contributed by atoms with van der Waals surface area (Å²) in [7, 11) is 0. The zero-order valence-electron chi connectivity index (χ0n) is 11.4. The molecule has 0 saturated carbocycles. The Kier molecular flexibility index (Phi) is 3.20. The van der Waals surface area contributed by atoms with Crippen LogP contribution in [-0.4, -0.2) is 10.1 Å². The minimum absolute atomic E-state index is 0.811. The first-order valence-electron chi connectivity index (χ1n) is 6.48. The van der Waals surface area contributed by atoms with Crippen LogP contribution >= 0.6 is 11.3 Å². The minimum Gasteiger partial charge on any atom is -0.386 e. The van der Waals surface area contributed by atoms with Crippen LogP contribution in [0.2, 0.25) is 0 Å². The second-order valence-corrected chi connectivity index (χ2v) is 6.28. The summed E-state index contributed by atoms with van der Waals surface area (Å²) in [6.07, 6.45) is 0. The maximum atomic E-state index is 9.93. The van der Waals surface area contributed by atoms with Crippen LogP contribution in [0.3, 0.4) is 0 Å². The lowest BCUT2D eigenvalue weighted by Crippen LogP contribution is -2.14. The number of hydrogen-bond acceptors (Lipinski definition) is 4. The summed E-state index contributed by atoms with van der Waals surface area (Å²) < 4.78 is 1.17. The molecule has 0 aliphatic heterocycles. The Morgan fingerprint density at radius 1 is 1.05 bits per heavy atom. The van der Waals surface area contributed by atoms with Crippen molar-refractivity contribution in [3.8, 4) is 0 Å². The third-order valence-corrected chi connectivity index (χ3v) is 4.09. The molecule has 0 saturated heterocycles. The van der Waals surface area contributed by atoms with Crippen LogP contribution in [0.1, 0.15) is 19.4 Å². The predicted molar refractivity (Wildman–Crippen MR) is 84.6 cm³/mol. The van der Waals surface area contributed by atoms with E-state index in [2.05, 4.69) is 16.4 Å². The molecule has 102 valence electrons. The zero-order valence-corrected chi connectivity index (χ0v) is 12.2. The summed E-state index contributed by atoms with van der Waals surface area (Å²) in [5.41, 5.74) is 2.06. The lowest BCUT2D eigenvalue weighted by Gasteiger charge is -2.17. The van der Waals surface area contributed by atoms with Gasteiger partial charge in [0.2, 0.25) is 0 Å². The van der Waals surface area contributed by atoms with Crippen LogP contribution in [0.15, 0.2) is 48.5 Å². The summed E-state index contributed by atoms with van der Waals surface area (Å²) in [5.74, 6) is 0. The first-order chi connectivity index (χ1) is 9.52. The third-order valence-electron chi connectivity index (χ3n) is 3.14. The van der Waals surface area contributed by atoms with Crippen LogP contribution in [0.25, 0.3) is 10.2 Å². The number of nitrogens with one attached hydrogen (secondary N) is 1. The van der Waals surface area contributed by atoms with Crippen LogP contribution < -0.4 is 5.32 Å². The average molecular weight is 284 g/mol. The highest BCUT2D eigenvalue weighted by Gasteiger charge is 2.15. The highest BCUT2D eigenvalue weighted by molar-refractivity contribution is 7.22. The van der Waals surface area contributed by atoms with Crippen molar-refractivity contribution in [2.45, 2.75) is 19.4 Å². The molecule has 0 radical (unpaired) electrons. The molecule has 1 heterocycles.